The van der Waals surface area contributed by atoms with E-state index >= 15 is 0 Å². The summed E-state index contributed by atoms with van der Waals surface area (Å²) in [6.07, 6.45) is 0. The number of hydrogen-bond acceptors (Lipinski definition) is 5. The monoisotopic (exact) mass is 298 g/mol. The summed E-state index contributed by atoms with van der Waals surface area (Å²) >= 11 is 1.17. The minimum Gasteiger partial charge on any atom is -0.495 e. The van der Waals surface area contributed by atoms with Gasteiger partial charge >= 0.3 is 11.9 Å². The zero-order valence-electron chi connectivity index (χ0n) is 11.9. The molecule has 0 saturated heterocycles. The van der Waals surface area contributed by atoms with Crippen LogP contribution in [-0.4, -0.2) is 36.0 Å². The molecule has 1 rings (SSSR count). The summed E-state index contributed by atoms with van der Waals surface area (Å²) in [6.45, 7) is 5.39. The number of rotatable bonds is 6. The maximum absolute atomic E-state index is 11.8. The van der Waals surface area contributed by atoms with E-state index in [1.165, 1.54) is 18.9 Å². The van der Waals surface area contributed by atoms with E-state index in [1.807, 2.05) is 0 Å². The predicted octanol–water partition coefficient (Wildman–Crippen LogP) is 2.75. The summed E-state index contributed by atoms with van der Waals surface area (Å²) in [7, 11) is 1.49. The van der Waals surface area contributed by atoms with Crippen molar-refractivity contribution in [3.8, 4) is 5.75 Å². The van der Waals surface area contributed by atoms with Crippen LogP contribution in [0.25, 0.3) is 0 Å². The Balaban J connectivity index is 3.14. The lowest BCUT2D eigenvalue weighted by Gasteiger charge is -2.15. The van der Waals surface area contributed by atoms with Crippen LogP contribution in [0, 0.1) is 6.92 Å². The highest BCUT2D eigenvalue weighted by Crippen LogP contribution is 2.36. The molecule has 0 fully saturated rings. The van der Waals surface area contributed by atoms with Gasteiger partial charge < -0.3 is 14.6 Å². The maximum Gasteiger partial charge on any atom is 0.338 e. The normalized spacial score (nSPS) is 11.8. The number of carbonyl (C=O) groups excluding carboxylic acids is 1. The molecule has 0 bridgehead atoms. The topological polar surface area (TPSA) is 72.8 Å². The zero-order valence-corrected chi connectivity index (χ0v) is 12.7. The van der Waals surface area contributed by atoms with Crippen molar-refractivity contribution in [3.05, 3.63) is 23.3 Å². The molecule has 0 aromatic heterocycles. The largest absolute Gasteiger partial charge is 0.495 e. The third-order valence-corrected chi connectivity index (χ3v) is 3.85. The molecule has 1 N–H and O–H groups in total. The molecule has 0 aliphatic heterocycles. The van der Waals surface area contributed by atoms with E-state index in [4.69, 9.17) is 14.6 Å². The molecule has 0 heterocycles. The first-order valence-electron chi connectivity index (χ1n) is 6.16. The van der Waals surface area contributed by atoms with E-state index in [0.717, 1.165) is 0 Å². The average molecular weight is 298 g/mol. The molecule has 0 saturated carbocycles. The van der Waals surface area contributed by atoms with Crippen molar-refractivity contribution in [1.29, 1.82) is 0 Å². The van der Waals surface area contributed by atoms with Gasteiger partial charge in [0.15, 0.2) is 0 Å². The number of benzene rings is 1. The third-order valence-electron chi connectivity index (χ3n) is 2.72. The summed E-state index contributed by atoms with van der Waals surface area (Å²) < 4.78 is 10.3. The number of esters is 1. The van der Waals surface area contributed by atoms with E-state index in [0.29, 0.717) is 28.4 Å². The minimum absolute atomic E-state index is 0.299. The molecular formula is C14H18O5S. The Morgan fingerprint density at radius 2 is 2.05 bits per heavy atom. The van der Waals surface area contributed by atoms with Gasteiger partial charge in [-0.25, -0.2) is 4.79 Å². The average Bonchev–Trinajstić information content (AvgIpc) is 2.39. The molecule has 0 spiro atoms. The highest BCUT2D eigenvalue weighted by atomic mass is 32.2. The summed E-state index contributed by atoms with van der Waals surface area (Å²) in [5, 5.41) is 8.35. The van der Waals surface area contributed by atoms with E-state index in [9.17, 15) is 9.59 Å². The van der Waals surface area contributed by atoms with Gasteiger partial charge in [-0.3, -0.25) is 4.79 Å². The highest BCUT2D eigenvalue weighted by Gasteiger charge is 2.20. The Hall–Kier alpha value is -1.69. The molecule has 0 amide bonds. The van der Waals surface area contributed by atoms with Gasteiger partial charge in [-0.15, -0.1) is 11.8 Å². The number of carboxylic acid groups (broad SMARTS) is 1. The van der Waals surface area contributed by atoms with E-state index < -0.39 is 17.2 Å². The Bertz CT molecular complexity index is 513. The summed E-state index contributed by atoms with van der Waals surface area (Å²) in [5.41, 5.74) is 1.07. The first kappa shape index (κ1) is 16.4. The van der Waals surface area contributed by atoms with Crippen LogP contribution in [0.2, 0.25) is 0 Å². The fourth-order valence-corrected chi connectivity index (χ4v) is 2.66. The molecule has 5 nitrogen and oxygen atoms in total. The van der Waals surface area contributed by atoms with Crippen molar-refractivity contribution in [2.45, 2.75) is 30.9 Å². The standard InChI is InChI=1S/C14H18O5S/c1-5-19-14(17)10-6-7-11(12(18-4)8(10)2)20-9(3)13(15)16/h6-7,9H,5H2,1-4H3,(H,15,16). The molecule has 0 radical (unpaired) electrons. The van der Waals surface area contributed by atoms with Crippen LogP contribution in [0.5, 0.6) is 5.75 Å². The first-order chi connectivity index (χ1) is 9.42. The SMILES string of the molecule is CCOC(=O)c1ccc(SC(C)C(=O)O)c(OC)c1C. The van der Waals surface area contributed by atoms with Gasteiger partial charge in [0.1, 0.15) is 11.0 Å². The summed E-state index contributed by atoms with van der Waals surface area (Å²) in [6, 6.07) is 3.31. The zero-order chi connectivity index (χ0) is 15.3. The van der Waals surface area contributed by atoms with Gasteiger partial charge in [0.25, 0.3) is 0 Å². The van der Waals surface area contributed by atoms with Crippen LogP contribution >= 0.6 is 11.8 Å². The lowest BCUT2D eigenvalue weighted by atomic mass is 10.1. The van der Waals surface area contributed by atoms with Gasteiger partial charge in [0.05, 0.1) is 24.2 Å². The second-order valence-corrected chi connectivity index (χ2v) is 5.47. The smallest absolute Gasteiger partial charge is 0.338 e. The molecule has 6 heteroatoms. The lowest BCUT2D eigenvalue weighted by molar-refractivity contribution is -0.136. The van der Waals surface area contributed by atoms with Crippen molar-refractivity contribution in [3.63, 3.8) is 0 Å². The van der Waals surface area contributed by atoms with Gasteiger partial charge in [-0.1, -0.05) is 0 Å². The molecular weight excluding hydrogens is 280 g/mol. The molecule has 1 aromatic carbocycles. The van der Waals surface area contributed by atoms with Gasteiger partial charge in [-0.05, 0) is 32.9 Å². The molecule has 110 valence electrons. The second-order valence-electron chi connectivity index (χ2n) is 4.09. The maximum atomic E-state index is 11.8. The second kappa shape index (κ2) is 7.19. The van der Waals surface area contributed by atoms with Crippen LogP contribution in [0.15, 0.2) is 17.0 Å². The fourth-order valence-electron chi connectivity index (χ4n) is 1.68. The molecule has 1 aromatic rings. The van der Waals surface area contributed by atoms with E-state index in [-0.39, 0.29) is 0 Å². The van der Waals surface area contributed by atoms with E-state index in [1.54, 1.807) is 32.9 Å². The highest BCUT2D eigenvalue weighted by molar-refractivity contribution is 8.00. The number of ether oxygens (including phenoxy) is 2. The Kier molecular flexibility index (Phi) is 5.88. The van der Waals surface area contributed by atoms with Crippen molar-refractivity contribution >= 4 is 23.7 Å². The number of hydrogen-bond donors (Lipinski definition) is 1. The number of methoxy groups -OCH3 is 1. The molecule has 0 aliphatic carbocycles. The molecule has 1 atom stereocenters. The number of aliphatic carboxylic acids is 1. The quantitative estimate of drug-likeness (QED) is 0.643. The predicted molar refractivity (Wildman–Crippen MR) is 76.6 cm³/mol. The van der Waals surface area contributed by atoms with Crippen LogP contribution in [0.3, 0.4) is 0 Å². The number of carboxylic acids is 1. The van der Waals surface area contributed by atoms with Crippen LogP contribution in [0.4, 0.5) is 0 Å². The first-order valence-corrected chi connectivity index (χ1v) is 7.04. The number of thioether (sulfide) groups is 1. The van der Waals surface area contributed by atoms with Gasteiger partial charge in [0, 0.05) is 5.56 Å². The van der Waals surface area contributed by atoms with Crippen LogP contribution in [0.1, 0.15) is 29.8 Å². The Morgan fingerprint density at radius 1 is 1.40 bits per heavy atom. The Morgan fingerprint density at radius 3 is 2.55 bits per heavy atom. The van der Waals surface area contributed by atoms with Crippen LogP contribution in [-0.2, 0) is 9.53 Å². The third kappa shape index (κ3) is 3.66. The van der Waals surface area contributed by atoms with Gasteiger partial charge in [-0.2, -0.15) is 0 Å². The number of carbonyl (C=O) groups is 2. The van der Waals surface area contributed by atoms with Crippen LogP contribution < -0.4 is 4.74 Å². The molecule has 0 aliphatic rings. The minimum atomic E-state index is -0.899. The summed E-state index contributed by atoms with van der Waals surface area (Å²) in [5.74, 6) is -0.802. The lowest BCUT2D eigenvalue weighted by Crippen LogP contribution is -2.12. The Labute approximate surface area is 122 Å². The van der Waals surface area contributed by atoms with E-state index in [2.05, 4.69) is 0 Å². The summed E-state index contributed by atoms with van der Waals surface area (Å²) in [4.78, 5) is 23.4. The van der Waals surface area contributed by atoms with Crippen molar-refractivity contribution < 1.29 is 24.2 Å². The fraction of sp³-hybridized carbons (Fsp3) is 0.429. The molecule has 20 heavy (non-hydrogen) atoms. The van der Waals surface area contributed by atoms with Crippen molar-refractivity contribution in [2.24, 2.45) is 0 Å². The van der Waals surface area contributed by atoms with Gasteiger partial charge in [0.2, 0.25) is 0 Å². The van der Waals surface area contributed by atoms with Crippen molar-refractivity contribution in [2.75, 3.05) is 13.7 Å². The molecule has 1 unspecified atom stereocenters. The van der Waals surface area contributed by atoms with Crippen molar-refractivity contribution in [1.82, 2.24) is 0 Å².